The Kier molecular flexibility index (Phi) is 12.1. The van der Waals surface area contributed by atoms with Gasteiger partial charge in [-0.15, -0.1) is 0 Å². The van der Waals surface area contributed by atoms with Gasteiger partial charge >= 0.3 is 37.9 Å². The van der Waals surface area contributed by atoms with Crippen LogP contribution in [0.1, 0.15) is 34.6 Å². The zero-order chi connectivity index (χ0) is 14.1. The van der Waals surface area contributed by atoms with Gasteiger partial charge in [-0.3, -0.25) is 0 Å². The summed E-state index contributed by atoms with van der Waals surface area (Å²) in [6.07, 6.45) is 10.0. The molecule has 0 aromatic heterocycles. The Morgan fingerprint density at radius 3 is 0.778 bits per heavy atom. The molecule has 2 aliphatic carbocycles. The molecular weight excluding hydrogens is 342 g/mol. The number of rotatable bonds is 0. The predicted molar refractivity (Wildman–Crippen MR) is 77.8 cm³/mol. The molecular formula is C15H20Cl2Zr+2. The molecule has 0 atom stereocenters. The SMILES string of the molecule is C[C]1[C](C)[C](C)[C](C)[C]1C.[CH]1[CH][CH][CH][CH]1.[Cl][Zr+2][Cl]. The summed E-state index contributed by atoms with van der Waals surface area (Å²) < 4.78 is 0. The second-order valence-electron chi connectivity index (χ2n) is 4.16. The fourth-order valence-electron chi connectivity index (χ4n) is 1.73. The van der Waals surface area contributed by atoms with Crippen LogP contribution in [0.4, 0.5) is 0 Å². The van der Waals surface area contributed by atoms with Gasteiger partial charge in [0.1, 0.15) is 0 Å². The van der Waals surface area contributed by atoms with Crippen LogP contribution in [0.5, 0.6) is 0 Å². The molecule has 0 aliphatic heterocycles. The summed E-state index contributed by atoms with van der Waals surface area (Å²) in [7, 11) is 9.87. The molecule has 2 rings (SSSR count). The van der Waals surface area contributed by atoms with E-state index in [1.807, 2.05) is 32.1 Å². The zero-order valence-corrected chi connectivity index (χ0v) is 15.6. The minimum atomic E-state index is -0.826. The molecule has 96 valence electrons. The monoisotopic (exact) mass is 360 g/mol. The van der Waals surface area contributed by atoms with E-state index in [9.17, 15) is 0 Å². The van der Waals surface area contributed by atoms with Crippen molar-refractivity contribution in [3.63, 3.8) is 0 Å². The van der Waals surface area contributed by atoms with Crippen molar-refractivity contribution in [1.29, 1.82) is 0 Å². The van der Waals surface area contributed by atoms with Crippen molar-refractivity contribution in [1.82, 2.24) is 0 Å². The molecule has 0 aromatic rings. The molecule has 0 unspecified atom stereocenters. The van der Waals surface area contributed by atoms with E-state index in [0.717, 1.165) is 0 Å². The standard InChI is InChI=1S/C10H15.C5H5.2ClH.Zr/c1-6-7(2)9(4)10(5)8(6)3;1-2-4-5-3-1;;;/h1-5H3;1-5H;2*1H;/q;;;;+4/p-2. The molecule has 10 radical (unpaired) electrons. The fraction of sp³-hybridized carbons (Fsp3) is 0.333. The van der Waals surface area contributed by atoms with Crippen molar-refractivity contribution < 1.29 is 20.8 Å². The Morgan fingerprint density at radius 2 is 0.667 bits per heavy atom. The summed E-state index contributed by atoms with van der Waals surface area (Å²) in [5.74, 6) is 7.34. The van der Waals surface area contributed by atoms with Crippen molar-refractivity contribution in [2.75, 3.05) is 0 Å². The molecule has 0 nitrogen and oxygen atoms in total. The van der Waals surface area contributed by atoms with Crippen LogP contribution in [0, 0.1) is 61.7 Å². The van der Waals surface area contributed by atoms with Gasteiger partial charge in [0.15, 0.2) is 0 Å². The average molecular weight is 362 g/mol. The first-order chi connectivity index (χ1) is 8.47. The van der Waals surface area contributed by atoms with Gasteiger partial charge in [0.25, 0.3) is 0 Å². The Bertz CT molecular complexity index is 142. The van der Waals surface area contributed by atoms with Crippen LogP contribution in [-0.4, -0.2) is 0 Å². The average Bonchev–Trinajstić information content (AvgIpc) is 2.98. The van der Waals surface area contributed by atoms with Gasteiger partial charge in [-0.1, -0.05) is 34.6 Å². The van der Waals surface area contributed by atoms with E-state index >= 15 is 0 Å². The summed E-state index contributed by atoms with van der Waals surface area (Å²) in [6, 6.07) is 0. The molecule has 0 bridgehead atoms. The van der Waals surface area contributed by atoms with Crippen molar-refractivity contribution in [2.45, 2.75) is 34.6 Å². The van der Waals surface area contributed by atoms with E-state index in [0.29, 0.717) is 0 Å². The molecule has 0 N–H and O–H groups in total. The van der Waals surface area contributed by atoms with Gasteiger partial charge in [-0.05, 0) is 61.7 Å². The van der Waals surface area contributed by atoms with Gasteiger partial charge in [0, 0.05) is 0 Å². The van der Waals surface area contributed by atoms with E-state index in [2.05, 4.69) is 34.6 Å². The van der Waals surface area contributed by atoms with Gasteiger partial charge in [-0.25, -0.2) is 0 Å². The van der Waals surface area contributed by atoms with Crippen molar-refractivity contribution >= 4 is 17.0 Å². The molecule has 0 amide bonds. The molecule has 0 spiro atoms. The first kappa shape index (κ1) is 19.5. The Balaban J connectivity index is 0.000000301. The third-order valence-electron chi connectivity index (χ3n) is 3.37. The molecule has 18 heavy (non-hydrogen) atoms. The van der Waals surface area contributed by atoms with Crippen LogP contribution >= 0.6 is 17.0 Å². The topological polar surface area (TPSA) is 0 Å². The van der Waals surface area contributed by atoms with Gasteiger partial charge in [0.2, 0.25) is 0 Å². The molecule has 2 saturated carbocycles. The van der Waals surface area contributed by atoms with Crippen molar-refractivity contribution in [3.8, 4) is 0 Å². The van der Waals surface area contributed by atoms with Crippen LogP contribution in [0.3, 0.4) is 0 Å². The minimum absolute atomic E-state index is 0.826. The summed E-state index contributed by atoms with van der Waals surface area (Å²) >= 11 is -0.826. The summed E-state index contributed by atoms with van der Waals surface area (Å²) in [5.41, 5.74) is 0. The number of hydrogen-bond donors (Lipinski definition) is 0. The number of halogens is 2. The van der Waals surface area contributed by atoms with Crippen LogP contribution in [0.15, 0.2) is 0 Å². The molecule has 3 heteroatoms. The van der Waals surface area contributed by atoms with E-state index < -0.39 is 20.8 Å². The normalized spacial score (nSPS) is 23.1. The van der Waals surface area contributed by atoms with Gasteiger partial charge < -0.3 is 0 Å². The first-order valence-electron chi connectivity index (χ1n) is 5.79. The Hall–Kier alpha value is 1.46. The molecule has 2 aliphatic rings. The first-order valence-corrected chi connectivity index (χ1v) is 12.1. The maximum absolute atomic E-state index is 4.93. The predicted octanol–water partition coefficient (Wildman–Crippen LogP) is 5.37. The quantitative estimate of drug-likeness (QED) is 0.543. The Morgan fingerprint density at radius 1 is 0.556 bits per heavy atom. The maximum atomic E-state index is 4.93. The van der Waals surface area contributed by atoms with E-state index in [-0.39, 0.29) is 0 Å². The van der Waals surface area contributed by atoms with Crippen LogP contribution < -0.4 is 0 Å². The van der Waals surface area contributed by atoms with Gasteiger partial charge in [0.05, 0.1) is 0 Å². The van der Waals surface area contributed by atoms with E-state index in [1.165, 1.54) is 29.6 Å². The fourth-order valence-corrected chi connectivity index (χ4v) is 1.73. The third-order valence-corrected chi connectivity index (χ3v) is 3.37. The summed E-state index contributed by atoms with van der Waals surface area (Å²) in [5, 5.41) is 0. The van der Waals surface area contributed by atoms with Crippen LogP contribution in [0.2, 0.25) is 0 Å². The third kappa shape index (κ3) is 6.76. The Labute approximate surface area is 133 Å². The van der Waals surface area contributed by atoms with Gasteiger partial charge in [-0.2, -0.15) is 0 Å². The van der Waals surface area contributed by atoms with Crippen LogP contribution in [-0.2, 0) is 20.8 Å². The van der Waals surface area contributed by atoms with Crippen molar-refractivity contribution in [2.24, 2.45) is 0 Å². The second kappa shape index (κ2) is 11.2. The van der Waals surface area contributed by atoms with Crippen LogP contribution in [0.25, 0.3) is 0 Å². The number of hydrogen-bond acceptors (Lipinski definition) is 0. The summed E-state index contributed by atoms with van der Waals surface area (Å²) in [6.45, 7) is 11.0. The molecule has 2 fully saturated rings. The summed E-state index contributed by atoms with van der Waals surface area (Å²) in [4.78, 5) is 0. The molecule has 0 aromatic carbocycles. The van der Waals surface area contributed by atoms with E-state index in [4.69, 9.17) is 17.0 Å². The zero-order valence-electron chi connectivity index (χ0n) is 11.6. The second-order valence-corrected chi connectivity index (χ2v) is 7.89. The molecule has 0 saturated heterocycles. The molecule has 0 heterocycles. The van der Waals surface area contributed by atoms with Crippen molar-refractivity contribution in [3.05, 3.63) is 61.7 Å². The van der Waals surface area contributed by atoms with E-state index in [1.54, 1.807) is 0 Å².